The Labute approximate surface area is 200 Å². The van der Waals surface area contributed by atoms with E-state index < -0.39 is 0 Å². The fourth-order valence-corrected chi connectivity index (χ4v) is 8.58. The summed E-state index contributed by atoms with van der Waals surface area (Å²) in [5.74, 6) is 1.66. The quantitative estimate of drug-likeness (QED) is 0.377. The number of hydrogen-bond donors (Lipinski definition) is 1. The molecule has 4 rings (SSSR count). The number of hydrogen-bond acceptors (Lipinski definition) is 3. The van der Waals surface area contributed by atoms with Crippen LogP contribution in [0.5, 0.6) is 0 Å². The third-order valence-corrected chi connectivity index (χ3v) is 11.1. The predicted molar refractivity (Wildman–Crippen MR) is 134 cm³/mol. The van der Waals surface area contributed by atoms with Gasteiger partial charge in [0.1, 0.15) is 12.1 Å². The molecule has 0 saturated heterocycles. The highest BCUT2D eigenvalue weighted by molar-refractivity contribution is 5.86. The molecule has 0 radical (unpaired) electrons. The van der Waals surface area contributed by atoms with Gasteiger partial charge in [-0.1, -0.05) is 59.8 Å². The van der Waals surface area contributed by atoms with Gasteiger partial charge in [-0.05, 0) is 90.8 Å². The van der Waals surface area contributed by atoms with Gasteiger partial charge in [0.05, 0.1) is 6.10 Å². The van der Waals surface area contributed by atoms with Crippen molar-refractivity contribution in [3.63, 3.8) is 0 Å². The Morgan fingerprint density at radius 3 is 2.55 bits per heavy atom. The average Bonchev–Trinajstić information content (AvgIpc) is 2.98. The van der Waals surface area contributed by atoms with Crippen LogP contribution in [0.1, 0.15) is 93.4 Å². The van der Waals surface area contributed by atoms with Gasteiger partial charge in [-0.2, -0.15) is 0 Å². The van der Waals surface area contributed by atoms with E-state index in [-0.39, 0.29) is 27.8 Å². The van der Waals surface area contributed by atoms with Crippen LogP contribution in [0.15, 0.2) is 34.9 Å². The maximum atomic E-state index is 12.8. The van der Waals surface area contributed by atoms with Crippen LogP contribution >= 0.6 is 0 Å². The Balaban J connectivity index is 1.69. The highest BCUT2D eigenvalue weighted by Gasteiger charge is 2.66. The SMILES string of the molecule is C/C(C=O)=C/CCC(C)[C@H]1C[C@H](O)[C@@]2(C)C3=CCC4C(C)(C)C(=O)CC[C@]4(C)C3=CC[C@]12C. The maximum absolute atomic E-state index is 12.8. The number of rotatable bonds is 5. The van der Waals surface area contributed by atoms with Gasteiger partial charge in [-0.15, -0.1) is 0 Å². The molecule has 1 N–H and O–H groups in total. The van der Waals surface area contributed by atoms with Gasteiger partial charge in [-0.3, -0.25) is 9.59 Å². The van der Waals surface area contributed by atoms with Crippen molar-refractivity contribution < 1.29 is 14.7 Å². The largest absolute Gasteiger partial charge is 0.392 e. The van der Waals surface area contributed by atoms with E-state index in [1.54, 1.807) is 0 Å². The van der Waals surface area contributed by atoms with Crippen LogP contribution in [-0.2, 0) is 9.59 Å². The number of carbonyl (C=O) groups excluding carboxylic acids is 2. The van der Waals surface area contributed by atoms with E-state index in [2.05, 4.69) is 53.7 Å². The molecule has 4 aliphatic rings. The molecule has 0 aromatic rings. The number of fused-ring (bicyclic) bond motifs is 5. The van der Waals surface area contributed by atoms with Crippen molar-refractivity contribution in [3.05, 3.63) is 34.9 Å². The smallest absolute Gasteiger partial charge is 0.145 e. The van der Waals surface area contributed by atoms with E-state index in [9.17, 15) is 14.7 Å². The van der Waals surface area contributed by atoms with Gasteiger partial charge < -0.3 is 5.11 Å². The summed E-state index contributed by atoms with van der Waals surface area (Å²) in [4.78, 5) is 23.7. The Bertz CT molecular complexity index is 936. The van der Waals surface area contributed by atoms with E-state index in [1.807, 2.05) is 13.0 Å². The molecule has 0 aliphatic heterocycles. The average molecular weight is 453 g/mol. The standard InChI is InChI=1S/C30H44O3/c1-19(18-31)9-8-10-20(2)23-17-26(33)30(7)22-11-12-24-27(3,4)25(32)14-15-28(24,5)21(22)13-16-29(23,30)6/h9,11,13,18,20,23-24,26,33H,8,10,12,14-17H2,1-7H3/b19-9-/t20?,23-,24?,26+,28-,29-,30-/m1/s1. The van der Waals surface area contributed by atoms with Crippen molar-refractivity contribution >= 4 is 12.1 Å². The Hall–Kier alpha value is -1.48. The number of aldehydes is 1. The predicted octanol–water partition coefficient (Wildman–Crippen LogP) is 6.61. The number of carbonyl (C=O) groups is 2. The summed E-state index contributed by atoms with van der Waals surface area (Å²) in [6, 6.07) is 0. The number of Topliss-reactive ketones (excluding diaryl/α,β-unsaturated/α-hetero) is 1. The molecule has 0 heterocycles. The van der Waals surface area contributed by atoms with Gasteiger partial charge in [0.2, 0.25) is 0 Å². The molecule has 0 bridgehead atoms. The molecule has 3 nitrogen and oxygen atoms in total. The summed E-state index contributed by atoms with van der Waals surface area (Å²) in [6.45, 7) is 15.6. The van der Waals surface area contributed by atoms with Gasteiger partial charge >= 0.3 is 0 Å². The minimum absolute atomic E-state index is 0.00636. The maximum Gasteiger partial charge on any atom is 0.145 e. The normalized spacial score (nSPS) is 43.1. The fourth-order valence-electron chi connectivity index (χ4n) is 8.58. The van der Waals surface area contributed by atoms with Crippen LogP contribution in [0.25, 0.3) is 0 Å². The Kier molecular flexibility index (Phi) is 6.00. The minimum atomic E-state index is -0.351. The highest BCUT2D eigenvalue weighted by atomic mass is 16.3. The van der Waals surface area contributed by atoms with Gasteiger partial charge in [0.15, 0.2) is 0 Å². The first-order valence-electron chi connectivity index (χ1n) is 13.1. The van der Waals surface area contributed by atoms with Crippen LogP contribution in [0.4, 0.5) is 0 Å². The minimum Gasteiger partial charge on any atom is -0.392 e. The van der Waals surface area contributed by atoms with E-state index in [4.69, 9.17) is 0 Å². The molecule has 2 fully saturated rings. The van der Waals surface area contributed by atoms with Gasteiger partial charge in [-0.25, -0.2) is 0 Å². The molecule has 182 valence electrons. The number of aliphatic hydroxyl groups excluding tert-OH is 1. The second-order valence-corrected chi connectivity index (χ2v) is 12.9. The first-order chi connectivity index (χ1) is 15.3. The highest BCUT2D eigenvalue weighted by Crippen LogP contribution is 2.71. The Morgan fingerprint density at radius 2 is 1.88 bits per heavy atom. The first-order valence-corrected chi connectivity index (χ1v) is 13.1. The lowest BCUT2D eigenvalue weighted by Gasteiger charge is -2.60. The molecule has 0 spiro atoms. The van der Waals surface area contributed by atoms with Crippen molar-refractivity contribution in [3.8, 4) is 0 Å². The summed E-state index contributed by atoms with van der Waals surface area (Å²) < 4.78 is 0. The van der Waals surface area contributed by atoms with Crippen molar-refractivity contribution in [1.82, 2.24) is 0 Å². The fraction of sp³-hybridized carbons (Fsp3) is 0.733. The van der Waals surface area contributed by atoms with Crippen molar-refractivity contribution in [1.29, 1.82) is 0 Å². The van der Waals surface area contributed by atoms with E-state index in [0.717, 1.165) is 50.4 Å². The molecule has 7 atom stereocenters. The van der Waals surface area contributed by atoms with Crippen LogP contribution in [0.3, 0.4) is 0 Å². The molecule has 2 unspecified atom stereocenters. The van der Waals surface area contributed by atoms with Crippen LogP contribution in [0, 0.1) is 39.4 Å². The summed E-state index contributed by atoms with van der Waals surface area (Å²) in [6.07, 6.45) is 13.8. The third-order valence-electron chi connectivity index (χ3n) is 11.1. The topological polar surface area (TPSA) is 54.4 Å². The van der Waals surface area contributed by atoms with Gasteiger partial charge in [0.25, 0.3) is 0 Å². The summed E-state index contributed by atoms with van der Waals surface area (Å²) >= 11 is 0. The van der Waals surface area contributed by atoms with E-state index in [1.165, 1.54) is 11.1 Å². The zero-order valence-corrected chi connectivity index (χ0v) is 21.8. The summed E-state index contributed by atoms with van der Waals surface area (Å²) in [5, 5.41) is 11.6. The number of ketones is 1. The van der Waals surface area contributed by atoms with Crippen LogP contribution in [0.2, 0.25) is 0 Å². The molecular weight excluding hydrogens is 408 g/mol. The van der Waals surface area contributed by atoms with Crippen LogP contribution < -0.4 is 0 Å². The lowest BCUT2D eigenvalue weighted by Crippen LogP contribution is -2.54. The van der Waals surface area contributed by atoms with Gasteiger partial charge in [0, 0.05) is 17.3 Å². The second-order valence-electron chi connectivity index (χ2n) is 12.9. The molecule has 0 aromatic heterocycles. The molecule has 0 aromatic carbocycles. The summed E-state index contributed by atoms with van der Waals surface area (Å²) in [5.41, 5.74) is 3.06. The molecule has 3 heteroatoms. The van der Waals surface area contributed by atoms with Crippen molar-refractivity contribution in [2.75, 3.05) is 0 Å². The molecule has 4 aliphatic carbocycles. The molecular formula is C30H44O3. The number of allylic oxidation sites excluding steroid dienone is 5. The van der Waals surface area contributed by atoms with Crippen LogP contribution in [-0.4, -0.2) is 23.3 Å². The third kappa shape index (κ3) is 3.32. The summed E-state index contributed by atoms with van der Waals surface area (Å²) in [7, 11) is 0. The molecule has 2 saturated carbocycles. The zero-order chi connectivity index (χ0) is 24.4. The monoisotopic (exact) mass is 452 g/mol. The zero-order valence-electron chi connectivity index (χ0n) is 21.8. The van der Waals surface area contributed by atoms with Crippen molar-refractivity contribution in [2.45, 2.75) is 99.5 Å². The number of aliphatic hydroxyl groups is 1. The molecule has 33 heavy (non-hydrogen) atoms. The first kappa shape index (κ1) is 24.6. The lowest BCUT2D eigenvalue weighted by molar-refractivity contribution is -0.138. The second kappa shape index (κ2) is 8.04. The van der Waals surface area contributed by atoms with E-state index in [0.29, 0.717) is 30.0 Å². The van der Waals surface area contributed by atoms with E-state index >= 15 is 0 Å². The Morgan fingerprint density at radius 1 is 1.18 bits per heavy atom. The van der Waals surface area contributed by atoms with Crippen molar-refractivity contribution in [2.24, 2.45) is 39.4 Å². The molecule has 0 amide bonds. The lowest BCUT2D eigenvalue weighted by atomic mass is 9.44.